The standard InChI is InChI=1S/C17H19BrN2O/c1-9-7-14(19-8-12(9)4)15-10(2)6-11(3)16(20-15)17(21)13(5)18/h6-8,13H,1-5H3. The van der Waals surface area contributed by atoms with Crippen LogP contribution in [-0.4, -0.2) is 20.6 Å². The van der Waals surface area contributed by atoms with Crippen LogP contribution in [0.1, 0.15) is 39.7 Å². The summed E-state index contributed by atoms with van der Waals surface area (Å²) in [6, 6.07) is 4.02. The zero-order chi connectivity index (χ0) is 15.7. The first-order valence-electron chi connectivity index (χ1n) is 6.91. The molecule has 0 aliphatic heterocycles. The predicted octanol–water partition coefficient (Wildman–Crippen LogP) is 4.34. The van der Waals surface area contributed by atoms with E-state index in [0.29, 0.717) is 5.69 Å². The molecule has 4 heteroatoms. The lowest BCUT2D eigenvalue weighted by atomic mass is 10.0. The maximum atomic E-state index is 12.3. The number of carbonyl (C=O) groups is 1. The summed E-state index contributed by atoms with van der Waals surface area (Å²) in [5, 5.41) is 0. The minimum atomic E-state index is -0.244. The fraction of sp³-hybridized carbons (Fsp3) is 0.353. The first-order chi connectivity index (χ1) is 9.81. The van der Waals surface area contributed by atoms with E-state index in [0.717, 1.165) is 28.1 Å². The molecule has 1 unspecified atom stereocenters. The van der Waals surface area contributed by atoms with Crippen molar-refractivity contribution in [1.82, 2.24) is 9.97 Å². The summed E-state index contributed by atoms with van der Waals surface area (Å²) in [5.41, 5.74) is 6.35. The molecule has 0 radical (unpaired) electrons. The molecular formula is C17H19BrN2O. The molecule has 2 aromatic rings. The number of carbonyl (C=O) groups excluding carboxylic acids is 1. The minimum absolute atomic E-state index is 0.00224. The number of Topliss-reactive ketones (excluding diaryl/α,β-unsaturated/α-hetero) is 1. The number of halogens is 1. The fourth-order valence-corrected chi connectivity index (χ4v) is 2.42. The molecule has 0 aliphatic rings. The zero-order valence-corrected chi connectivity index (χ0v) is 14.6. The number of aryl methyl sites for hydroxylation is 4. The lowest BCUT2D eigenvalue weighted by molar-refractivity contribution is 0.0990. The summed E-state index contributed by atoms with van der Waals surface area (Å²) in [6.45, 7) is 9.81. The molecule has 2 aromatic heterocycles. The van der Waals surface area contributed by atoms with E-state index in [9.17, 15) is 4.79 Å². The van der Waals surface area contributed by atoms with Crippen LogP contribution in [0.2, 0.25) is 0 Å². The molecule has 0 saturated heterocycles. The Morgan fingerprint density at radius 2 is 1.71 bits per heavy atom. The molecule has 110 valence electrons. The smallest absolute Gasteiger partial charge is 0.194 e. The van der Waals surface area contributed by atoms with Crippen molar-refractivity contribution in [1.29, 1.82) is 0 Å². The summed E-state index contributed by atoms with van der Waals surface area (Å²) in [4.78, 5) is 21.1. The molecule has 2 rings (SSSR count). The number of rotatable bonds is 3. The Morgan fingerprint density at radius 1 is 1.05 bits per heavy atom. The van der Waals surface area contributed by atoms with Crippen molar-refractivity contribution in [3.05, 3.63) is 46.3 Å². The van der Waals surface area contributed by atoms with Crippen molar-refractivity contribution < 1.29 is 4.79 Å². The Bertz CT molecular complexity index is 708. The second-order valence-corrected chi connectivity index (χ2v) is 6.83. The van der Waals surface area contributed by atoms with Crippen molar-refractivity contribution in [2.45, 2.75) is 39.4 Å². The van der Waals surface area contributed by atoms with Gasteiger partial charge < -0.3 is 0 Å². The maximum Gasteiger partial charge on any atom is 0.194 e. The Morgan fingerprint density at radius 3 is 2.29 bits per heavy atom. The van der Waals surface area contributed by atoms with E-state index < -0.39 is 0 Å². The molecule has 0 amide bonds. The maximum absolute atomic E-state index is 12.3. The van der Waals surface area contributed by atoms with Crippen LogP contribution in [0, 0.1) is 27.7 Å². The molecule has 0 spiro atoms. The van der Waals surface area contributed by atoms with E-state index in [2.05, 4.69) is 32.8 Å². The minimum Gasteiger partial charge on any atom is -0.291 e. The Kier molecular flexibility index (Phi) is 4.57. The van der Waals surface area contributed by atoms with Gasteiger partial charge in [-0.15, -0.1) is 0 Å². The van der Waals surface area contributed by atoms with Crippen molar-refractivity contribution in [2.24, 2.45) is 0 Å². The molecule has 0 aliphatic carbocycles. The molecule has 3 nitrogen and oxygen atoms in total. The van der Waals surface area contributed by atoms with Gasteiger partial charge in [0.1, 0.15) is 5.69 Å². The SMILES string of the molecule is Cc1cnc(-c2nc(C(=O)C(C)Br)c(C)cc2C)cc1C. The number of alkyl halides is 1. The third-order valence-corrected chi connectivity index (χ3v) is 4.03. The summed E-state index contributed by atoms with van der Waals surface area (Å²) < 4.78 is 0. The highest BCUT2D eigenvalue weighted by atomic mass is 79.9. The first kappa shape index (κ1) is 15.8. The summed E-state index contributed by atoms with van der Waals surface area (Å²) in [5.74, 6) is -0.00224. The monoisotopic (exact) mass is 346 g/mol. The van der Waals surface area contributed by atoms with Gasteiger partial charge in [0.05, 0.1) is 16.2 Å². The van der Waals surface area contributed by atoms with Gasteiger partial charge in [0, 0.05) is 6.20 Å². The third kappa shape index (κ3) is 3.21. The van der Waals surface area contributed by atoms with Crippen LogP contribution in [-0.2, 0) is 0 Å². The second kappa shape index (κ2) is 6.06. The molecule has 1 atom stereocenters. The lowest BCUT2D eigenvalue weighted by Gasteiger charge is -2.12. The van der Waals surface area contributed by atoms with Gasteiger partial charge >= 0.3 is 0 Å². The van der Waals surface area contributed by atoms with Gasteiger partial charge in [0.2, 0.25) is 0 Å². The average molecular weight is 347 g/mol. The summed E-state index contributed by atoms with van der Waals surface area (Å²) in [7, 11) is 0. The number of nitrogens with zero attached hydrogens (tertiary/aromatic N) is 2. The lowest BCUT2D eigenvalue weighted by Crippen LogP contribution is -2.15. The zero-order valence-electron chi connectivity index (χ0n) is 13.0. The van der Waals surface area contributed by atoms with Crippen molar-refractivity contribution in [3.63, 3.8) is 0 Å². The number of hydrogen-bond donors (Lipinski definition) is 0. The Hall–Kier alpha value is -1.55. The molecule has 2 heterocycles. The van der Waals surface area contributed by atoms with E-state index >= 15 is 0 Å². The first-order valence-corrected chi connectivity index (χ1v) is 7.83. The molecule has 21 heavy (non-hydrogen) atoms. The Balaban J connectivity index is 2.61. The van der Waals surface area contributed by atoms with E-state index in [1.54, 1.807) is 0 Å². The van der Waals surface area contributed by atoms with Gasteiger partial charge in [-0.3, -0.25) is 9.78 Å². The number of pyridine rings is 2. The average Bonchev–Trinajstić information content (AvgIpc) is 2.41. The van der Waals surface area contributed by atoms with Gasteiger partial charge in [-0.05, 0) is 62.9 Å². The van der Waals surface area contributed by atoms with Crippen LogP contribution in [0.3, 0.4) is 0 Å². The molecular weight excluding hydrogens is 328 g/mol. The van der Waals surface area contributed by atoms with Crippen LogP contribution >= 0.6 is 15.9 Å². The normalized spacial score (nSPS) is 12.3. The van der Waals surface area contributed by atoms with Crippen LogP contribution in [0.25, 0.3) is 11.4 Å². The number of ketones is 1. The van der Waals surface area contributed by atoms with Gasteiger partial charge in [0.25, 0.3) is 0 Å². The molecule has 0 saturated carbocycles. The number of hydrogen-bond acceptors (Lipinski definition) is 3. The van der Waals surface area contributed by atoms with Crippen molar-refractivity contribution in [2.75, 3.05) is 0 Å². The highest BCUT2D eigenvalue weighted by Gasteiger charge is 2.19. The van der Waals surface area contributed by atoms with Gasteiger partial charge in [-0.25, -0.2) is 4.98 Å². The largest absolute Gasteiger partial charge is 0.291 e. The summed E-state index contributed by atoms with van der Waals surface area (Å²) >= 11 is 3.33. The highest BCUT2D eigenvalue weighted by molar-refractivity contribution is 9.10. The quantitative estimate of drug-likeness (QED) is 0.613. The third-order valence-electron chi connectivity index (χ3n) is 3.61. The van der Waals surface area contributed by atoms with Crippen molar-refractivity contribution >= 4 is 21.7 Å². The van der Waals surface area contributed by atoms with Crippen LogP contribution in [0.5, 0.6) is 0 Å². The van der Waals surface area contributed by atoms with Gasteiger partial charge in [-0.1, -0.05) is 22.0 Å². The Labute approximate surface area is 134 Å². The topological polar surface area (TPSA) is 42.9 Å². The second-order valence-electron chi connectivity index (χ2n) is 5.45. The van der Waals surface area contributed by atoms with Crippen LogP contribution in [0.15, 0.2) is 18.3 Å². The highest BCUT2D eigenvalue weighted by Crippen LogP contribution is 2.24. The fourth-order valence-electron chi connectivity index (χ4n) is 2.20. The van der Waals surface area contributed by atoms with Crippen LogP contribution in [0.4, 0.5) is 0 Å². The number of aromatic nitrogens is 2. The van der Waals surface area contributed by atoms with Gasteiger partial charge in [0.15, 0.2) is 5.78 Å². The van der Waals surface area contributed by atoms with Crippen molar-refractivity contribution in [3.8, 4) is 11.4 Å². The van der Waals surface area contributed by atoms with E-state index in [4.69, 9.17) is 0 Å². The predicted molar refractivity (Wildman–Crippen MR) is 89.1 cm³/mol. The van der Waals surface area contributed by atoms with E-state index in [-0.39, 0.29) is 10.6 Å². The molecule has 0 aromatic carbocycles. The molecule has 0 N–H and O–H groups in total. The van der Waals surface area contributed by atoms with E-state index in [1.807, 2.05) is 46.0 Å². The van der Waals surface area contributed by atoms with Crippen LogP contribution < -0.4 is 0 Å². The van der Waals surface area contributed by atoms with Gasteiger partial charge in [-0.2, -0.15) is 0 Å². The van der Waals surface area contributed by atoms with E-state index in [1.165, 1.54) is 5.56 Å². The summed E-state index contributed by atoms with van der Waals surface area (Å²) in [6.07, 6.45) is 1.85. The molecule has 0 fully saturated rings. The molecule has 0 bridgehead atoms.